The Balaban J connectivity index is 1.82. The lowest BCUT2D eigenvalue weighted by molar-refractivity contribution is 0.405. The molecule has 20 heavy (non-hydrogen) atoms. The van der Waals surface area contributed by atoms with Crippen LogP contribution in [-0.2, 0) is 6.54 Å². The number of rotatable bonds is 4. The van der Waals surface area contributed by atoms with Crippen molar-refractivity contribution in [2.24, 2.45) is 0 Å². The Morgan fingerprint density at radius 3 is 2.90 bits per heavy atom. The maximum absolute atomic E-state index is 5.42. The van der Waals surface area contributed by atoms with Crippen molar-refractivity contribution in [2.75, 3.05) is 20.2 Å². The van der Waals surface area contributed by atoms with Crippen molar-refractivity contribution in [3.63, 3.8) is 0 Å². The molecule has 0 bridgehead atoms. The van der Waals surface area contributed by atoms with Crippen LogP contribution in [0.1, 0.15) is 30.1 Å². The van der Waals surface area contributed by atoms with Crippen LogP contribution in [0.3, 0.4) is 0 Å². The molecule has 0 spiro atoms. The molecule has 1 saturated heterocycles. The Kier molecular flexibility index (Phi) is 3.97. The smallest absolute Gasteiger partial charge is 0.136 e. The molecule has 0 amide bonds. The number of methoxy groups -OCH3 is 1. The minimum Gasteiger partial charge on any atom is -0.496 e. The minimum absolute atomic E-state index is 0.508. The second-order valence-corrected chi connectivity index (χ2v) is 5.15. The van der Waals surface area contributed by atoms with Crippen LogP contribution in [0.5, 0.6) is 5.75 Å². The van der Waals surface area contributed by atoms with Crippen LogP contribution in [0.2, 0.25) is 0 Å². The molecule has 3 rings (SSSR count). The van der Waals surface area contributed by atoms with E-state index in [1.54, 1.807) is 7.11 Å². The van der Waals surface area contributed by atoms with Gasteiger partial charge in [0.1, 0.15) is 17.9 Å². The van der Waals surface area contributed by atoms with Crippen LogP contribution in [0.4, 0.5) is 0 Å². The van der Waals surface area contributed by atoms with Gasteiger partial charge in [-0.3, -0.25) is 0 Å². The van der Waals surface area contributed by atoms with E-state index < -0.39 is 0 Å². The second kappa shape index (κ2) is 6.05. The zero-order chi connectivity index (χ0) is 13.8. The fourth-order valence-corrected chi connectivity index (χ4v) is 2.80. The van der Waals surface area contributed by atoms with E-state index in [1.807, 2.05) is 24.5 Å². The molecule has 2 aromatic rings. The number of nitrogens with one attached hydrogen (secondary N) is 1. The Labute approximate surface area is 119 Å². The molecule has 0 aliphatic carbocycles. The molecule has 5 heteroatoms. The molecule has 2 heterocycles. The molecule has 1 aromatic carbocycles. The third-order valence-electron chi connectivity index (χ3n) is 3.88. The molecule has 0 unspecified atom stereocenters. The number of hydrogen-bond donors (Lipinski definition) is 1. The maximum atomic E-state index is 5.42. The van der Waals surface area contributed by atoms with Gasteiger partial charge in [0.2, 0.25) is 0 Å². The van der Waals surface area contributed by atoms with Crippen LogP contribution in [0, 0.1) is 0 Å². The van der Waals surface area contributed by atoms with Gasteiger partial charge in [0.05, 0.1) is 13.7 Å². The summed E-state index contributed by atoms with van der Waals surface area (Å²) in [5.74, 6) is 2.52. The molecule has 0 radical (unpaired) electrons. The second-order valence-electron chi connectivity index (χ2n) is 5.15. The van der Waals surface area contributed by atoms with Crippen LogP contribution >= 0.6 is 0 Å². The SMILES string of the molecule is COc1ccccc1Cn1cnnc1C1CCNCC1. The standard InChI is InChI=1S/C15H20N4O/c1-20-14-5-3-2-4-13(14)10-19-11-17-18-15(19)12-6-8-16-9-7-12/h2-5,11-12,16H,6-10H2,1H3. The van der Waals surface area contributed by atoms with Gasteiger partial charge in [0.15, 0.2) is 0 Å². The number of nitrogens with zero attached hydrogens (tertiary/aromatic N) is 3. The van der Waals surface area contributed by atoms with Crippen molar-refractivity contribution in [3.05, 3.63) is 42.0 Å². The number of para-hydroxylation sites is 1. The molecule has 1 fully saturated rings. The molecule has 0 saturated carbocycles. The summed E-state index contributed by atoms with van der Waals surface area (Å²) in [6, 6.07) is 8.10. The lowest BCUT2D eigenvalue weighted by Crippen LogP contribution is -2.28. The normalized spacial score (nSPS) is 16.2. The summed E-state index contributed by atoms with van der Waals surface area (Å²) in [6.07, 6.45) is 4.08. The van der Waals surface area contributed by atoms with E-state index in [9.17, 15) is 0 Å². The first-order valence-corrected chi connectivity index (χ1v) is 7.09. The lowest BCUT2D eigenvalue weighted by atomic mass is 9.97. The number of benzene rings is 1. The van der Waals surface area contributed by atoms with Crippen molar-refractivity contribution < 1.29 is 4.74 Å². The summed E-state index contributed by atoms with van der Waals surface area (Å²) in [7, 11) is 1.71. The van der Waals surface area contributed by atoms with Gasteiger partial charge >= 0.3 is 0 Å². The van der Waals surface area contributed by atoms with Gasteiger partial charge in [-0.05, 0) is 32.0 Å². The average Bonchev–Trinajstić information content (AvgIpc) is 2.97. The molecule has 106 valence electrons. The predicted octanol–water partition coefficient (Wildman–Crippen LogP) is 1.80. The fraction of sp³-hybridized carbons (Fsp3) is 0.467. The average molecular weight is 272 g/mol. The summed E-state index contributed by atoms with van der Waals surface area (Å²) >= 11 is 0. The lowest BCUT2D eigenvalue weighted by Gasteiger charge is -2.22. The van der Waals surface area contributed by atoms with Crippen LogP contribution < -0.4 is 10.1 Å². The van der Waals surface area contributed by atoms with E-state index >= 15 is 0 Å². The number of aromatic nitrogens is 3. The first-order chi connectivity index (χ1) is 9.88. The van der Waals surface area contributed by atoms with Crippen molar-refractivity contribution in [1.29, 1.82) is 0 Å². The van der Waals surface area contributed by atoms with Crippen molar-refractivity contribution in [3.8, 4) is 5.75 Å². The van der Waals surface area contributed by atoms with Gasteiger partial charge in [-0.1, -0.05) is 18.2 Å². The van der Waals surface area contributed by atoms with Gasteiger partial charge < -0.3 is 14.6 Å². The first kappa shape index (κ1) is 13.1. The highest BCUT2D eigenvalue weighted by molar-refractivity contribution is 5.33. The van der Waals surface area contributed by atoms with Crippen molar-refractivity contribution in [1.82, 2.24) is 20.1 Å². The quantitative estimate of drug-likeness (QED) is 0.922. The van der Waals surface area contributed by atoms with E-state index in [4.69, 9.17) is 4.74 Å². The van der Waals surface area contributed by atoms with Crippen LogP contribution in [0.15, 0.2) is 30.6 Å². The van der Waals surface area contributed by atoms with Gasteiger partial charge in [-0.15, -0.1) is 10.2 Å². The summed E-state index contributed by atoms with van der Waals surface area (Å²) in [5, 5.41) is 11.8. The van der Waals surface area contributed by atoms with Crippen molar-refractivity contribution in [2.45, 2.75) is 25.3 Å². The Morgan fingerprint density at radius 2 is 2.10 bits per heavy atom. The number of ether oxygens (including phenoxy) is 1. The third kappa shape index (κ3) is 2.67. The molecule has 1 aromatic heterocycles. The Morgan fingerprint density at radius 1 is 1.30 bits per heavy atom. The topological polar surface area (TPSA) is 52.0 Å². The van der Waals surface area contributed by atoms with Crippen LogP contribution in [-0.4, -0.2) is 35.0 Å². The Bertz CT molecular complexity index is 561. The third-order valence-corrected chi connectivity index (χ3v) is 3.88. The summed E-state index contributed by atoms with van der Waals surface area (Å²) in [5.41, 5.74) is 1.16. The summed E-state index contributed by atoms with van der Waals surface area (Å²) in [6.45, 7) is 2.88. The highest BCUT2D eigenvalue weighted by Gasteiger charge is 2.20. The number of hydrogen-bond acceptors (Lipinski definition) is 4. The molecule has 1 aliphatic rings. The molecular weight excluding hydrogens is 252 g/mol. The van der Waals surface area contributed by atoms with E-state index in [0.717, 1.165) is 49.6 Å². The fourth-order valence-electron chi connectivity index (χ4n) is 2.80. The molecular formula is C15H20N4O. The monoisotopic (exact) mass is 272 g/mol. The van der Waals surface area contributed by atoms with Gasteiger partial charge in [0, 0.05) is 11.5 Å². The van der Waals surface area contributed by atoms with Gasteiger partial charge in [-0.2, -0.15) is 0 Å². The van der Waals surface area contributed by atoms with Gasteiger partial charge in [0.25, 0.3) is 0 Å². The zero-order valence-corrected chi connectivity index (χ0v) is 11.7. The Hall–Kier alpha value is -1.88. The predicted molar refractivity (Wildman–Crippen MR) is 77.0 cm³/mol. The maximum Gasteiger partial charge on any atom is 0.136 e. The van der Waals surface area contributed by atoms with Crippen LogP contribution in [0.25, 0.3) is 0 Å². The highest BCUT2D eigenvalue weighted by Crippen LogP contribution is 2.25. The molecule has 0 atom stereocenters. The van der Waals surface area contributed by atoms with E-state index in [0.29, 0.717) is 5.92 Å². The molecule has 1 aliphatic heterocycles. The van der Waals surface area contributed by atoms with E-state index in [2.05, 4.69) is 26.1 Å². The number of piperidine rings is 1. The summed E-state index contributed by atoms with van der Waals surface area (Å²) in [4.78, 5) is 0. The van der Waals surface area contributed by atoms with Crippen molar-refractivity contribution >= 4 is 0 Å². The van der Waals surface area contributed by atoms with E-state index in [1.165, 1.54) is 0 Å². The molecule has 1 N–H and O–H groups in total. The highest BCUT2D eigenvalue weighted by atomic mass is 16.5. The molecule has 5 nitrogen and oxygen atoms in total. The van der Waals surface area contributed by atoms with E-state index in [-0.39, 0.29) is 0 Å². The van der Waals surface area contributed by atoms with Gasteiger partial charge in [-0.25, -0.2) is 0 Å². The first-order valence-electron chi connectivity index (χ1n) is 7.09. The zero-order valence-electron chi connectivity index (χ0n) is 11.7. The summed E-state index contributed by atoms with van der Waals surface area (Å²) < 4.78 is 7.56. The minimum atomic E-state index is 0.508. The largest absolute Gasteiger partial charge is 0.496 e.